The second-order valence-electron chi connectivity index (χ2n) is 13.1. The summed E-state index contributed by atoms with van der Waals surface area (Å²) in [7, 11) is 0. The fourth-order valence-electron chi connectivity index (χ4n) is 6.34. The molecule has 0 fully saturated rings. The van der Waals surface area contributed by atoms with Crippen molar-refractivity contribution < 1.29 is 35.9 Å². The molecule has 0 saturated heterocycles. The van der Waals surface area contributed by atoms with Crippen LogP contribution in [0.5, 0.6) is 0 Å². The van der Waals surface area contributed by atoms with Crippen molar-refractivity contribution in [3.05, 3.63) is 182 Å². The molecule has 2 unspecified atom stereocenters. The Labute approximate surface area is 300 Å². The van der Waals surface area contributed by atoms with E-state index in [9.17, 15) is 40.7 Å². The Morgan fingerprint density at radius 1 is 0.623 bits per heavy atom. The predicted octanol–water partition coefficient (Wildman–Crippen LogP) is 10.0. The average Bonchev–Trinajstić information content (AvgIpc) is 3.15. The summed E-state index contributed by atoms with van der Waals surface area (Å²) >= 11 is 0. The summed E-state index contributed by atoms with van der Waals surface area (Å²) in [4.78, 5) is 44.8. The van der Waals surface area contributed by atoms with Crippen LogP contribution in [0.1, 0.15) is 85.3 Å². The molecule has 0 aliphatic rings. The van der Waals surface area contributed by atoms with Crippen LogP contribution in [0.4, 0.5) is 26.3 Å². The van der Waals surface area contributed by atoms with E-state index in [4.69, 9.17) is 0 Å². The van der Waals surface area contributed by atoms with Crippen LogP contribution in [-0.2, 0) is 25.3 Å². The van der Waals surface area contributed by atoms with E-state index < -0.39 is 35.0 Å². The maximum Gasteiger partial charge on any atom is 0.416 e. The first-order valence-corrected chi connectivity index (χ1v) is 16.7. The van der Waals surface area contributed by atoms with Gasteiger partial charge in [-0.1, -0.05) is 86.6 Å². The van der Waals surface area contributed by atoms with Crippen molar-refractivity contribution in [2.75, 3.05) is 0 Å². The molecule has 0 spiro atoms. The third kappa shape index (κ3) is 8.14. The van der Waals surface area contributed by atoms with Crippen molar-refractivity contribution in [3.8, 4) is 0 Å². The smallest absolute Gasteiger partial charge is 0.298 e. The number of carbonyl (C=O) groups excluding carboxylic acids is 2. The van der Waals surface area contributed by atoms with Gasteiger partial charge in [0.05, 0.1) is 28.4 Å². The maximum atomic E-state index is 14.0. The number of hydrogen-bond donors (Lipinski definition) is 0. The summed E-state index contributed by atoms with van der Waals surface area (Å²) in [6, 6.07) is 27.2. The molecule has 53 heavy (non-hydrogen) atoms. The van der Waals surface area contributed by atoms with Gasteiger partial charge in [0, 0.05) is 28.8 Å². The van der Waals surface area contributed by atoms with Crippen molar-refractivity contribution in [1.82, 2.24) is 9.55 Å². The van der Waals surface area contributed by atoms with E-state index in [2.05, 4.69) is 4.98 Å². The van der Waals surface area contributed by atoms with Gasteiger partial charge in [-0.15, -0.1) is 0 Å². The van der Waals surface area contributed by atoms with Gasteiger partial charge in [-0.25, -0.2) is 4.98 Å². The summed E-state index contributed by atoms with van der Waals surface area (Å²) in [5, 5.41) is 0.442. The minimum Gasteiger partial charge on any atom is -0.298 e. The van der Waals surface area contributed by atoms with E-state index in [1.54, 1.807) is 42.5 Å². The van der Waals surface area contributed by atoms with Gasteiger partial charge >= 0.3 is 12.4 Å². The molecule has 0 amide bonds. The zero-order valence-corrected chi connectivity index (χ0v) is 28.5. The molecule has 6 aromatic rings. The van der Waals surface area contributed by atoms with Gasteiger partial charge in [-0.05, 0) is 77.4 Å². The van der Waals surface area contributed by atoms with Gasteiger partial charge in [0.15, 0.2) is 11.6 Å². The van der Waals surface area contributed by atoms with Crippen molar-refractivity contribution in [3.63, 3.8) is 0 Å². The van der Waals surface area contributed by atoms with Gasteiger partial charge < -0.3 is 0 Å². The van der Waals surface area contributed by atoms with Crippen molar-refractivity contribution in [2.45, 2.75) is 51.0 Å². The van der Waals surface area contributed by atoms with Gasteiger partial charge in [-0.2, -0.15) is 26.3 Å². The fraction of sp³-hybridized carbons (Fsp3) is 0.190. The number of benzene rings is 5. The second kappa shape index (κ2) is 14.7. The molecule has 0 saturated carbocycles. The summed E-state index contributed by atoms with van der Waals surface area (Å²) in [6.45, 7) is 4.08. The highest BCUT2D eigenvalue weighted by atomic mass is 19.4. The third-order valence-electron chi connectivity index (χ3n) is 9.32. The molecule has 11 heteroatoms. The molecule has 0 N–H and O–H groups in total. The van der Waals surface area contributed by atoms with Crippen LogP contribution in [0, 0.1) is 0 Å². The largest absolute Gasteiger partial charge is 0.416 e. The van der Waals surface area contributed by atoms with E-state index in [0.29, 0.717) is 28.5 Å². The van der Waals surface area contributed by atoms with Gasteiger partial charge in [-0.3, -0.25) is 19.0 Å². The van der Waals surface area contributed by atoms with Crippen molar-refractivity contribution >= 4 is 22.5 Å². The number of carbonyl (C=O) groups is 2. The second-order valence-corrected chi connectivity index (χ2v) is 13.1. The highest BCUT2D eigenvalue weighted by Crippen LogP contribution is 2.31. The normalized spacial score (nSPS) is 13.1. The molecule has 1 heterocycles. The molecule has 2 atom stereocenters. The minimum absolute atomic E-state index is 0.122. The lowest BCUT2D eigenvalue weighted by Crippen LogP contribution is -2.24. The zero-order valence-electron chi connectivity index (χ0n) is 28.5. The van der Waals surface area contributed by atoms with Crippen LogP contribution < -0.4 is 5.56 Å². The summed E-state index contributed by atoms with van der Waals surface area (Å²) in [6.07, 6.45) is -7.11. The van der Waals surface area contributed by atoms with Crippen LogP contribution in [-0.4, -0.2) is 21.1 Å². The van der Waals surface area contributed by atoms with Crippen LogP contribution >= 0.6 is 0 Å². The SMILES string of the molecule is CC(Cc1cccc2ncn(CC(C)c3cccc(C(=O)c4ccc(C(F)(F)F)cc4)c3)c(=O)c12)c1cccc(C(=O)c2ccc(C(F)(F)F)cc2)c1. The highest BCUT2D eigenvalue weighted by molar-refractivity contribution is 6.09. The molecule has 0 aliphatic carbocycles. The van der Waals surface area contributed by atoms with Crippen LogP contribution in [0.2, 0.25) is 0 Å². The maximum absolute atomic E-state index is 14.0. The Bertz CT molecular complexity index is 2360. The molecule has 5 nitrogen and oxygen atoms in total. The van der Waals surface area contributed by atoms with Crippen molar-refractivity contribution in [1.29, 1.82) is 0 Å². The Hall–Kier alpha value is -5.84. The van der Waals surface area contributed by atoms with Crippen LogP contribution in [0.15, 0.2) is 126 Å². The van der Waals surface area contributed by atoms with Gasteiger partial charge in [0.25, 0.3) is 5.56 Å². The Balaban J connectivity index is 1.20. The number of aromatic nitrogens is 2. The average molecular weight is 727 g/mol. The molecule has 0 bridgehead atoms. The predicted molar refractivity (Wildman–Crippen MR) is 189 cm³/mol. The minimum atomic E-state index is -4.51. The summed E-state index contributed by atoms with van der Waals surface area (Å²) < 4.78 is 79.5. The van der Waals surface area contributed by atoms with E-state index in [-0.39, 0.29) is 35.1 Å². The first kappa shape index (κ1) is 36.9. The molecular formula is C42H32F6N2O3. The molecule has 0 radical (unpaired) electrons. The molecule has 1 aromatic heterocycles. The van der Waals surface area contributed by atoms with E-state index in [0.717, 1.165) is 65.2 Å². The van der Waals surface area contributed by atoms with E-state index >= 15 is 0 Å². The van der Waals surface area contributed by atoms with Crippen molar-refractivity contribution in [2.24, 2.45) is 0 Å². The van der Waals surface area contributed by atoms with E-state index in [1.165, 1.54) is 10.9 Å². The standard InChI is InChI=1S/C42H32F6N2O3/c1-25(29-6-3-9-32(21-29)38(51)27-12-16-34(17-13-27)41(43,44)45)20-31-8-5-11-36-37(31)40(53)50(24-49-36)23-26(2)30-7-4-10-33(22-30)39(52)28-14-18-35(19-15-28)42(46,47)48/h3-19,21-22,24-26H,20,23H2,1-2H3. The third-order valence-corrected chi connectivity index (χ3v) is 9.32. The number of ketones is 2. The Morgan fingerprint density at radius 3 is 1.58 bits per heavy atom. The Kier molecular flexibility index (Phi) is 10.2. The van der Waals surface area contributed by atoms with Crippen LogP contribution in [0.25, 0.3) is 10.9 Å². The lowest BCUT2D eigenvalue weighted by atomic mass is 9.90. The first-order valence-electron chi connectivity index (χ1n) is 16.7. The topological polar surface area (TPSA) is 69.0 Å². The molecular weight excluding hydrogens is 694 g/mol. The fourth-order valence-corrected chi connectivity index (χ4v) is 6.34. The lowest BCUT2D eigenvalue weighted by Gasteiger charge is -2.17. The molecule has 0 aliphatic heterocycles. The number of fused-ring (bicyclic) bond motifs is 1. The number of rotatable bonds is 10. The number of hydrogen-bond acceptors (Lipinski definition) is 4. The number of nitrogens with zero attached hydrogens (tertiary/aromatic N) is 2. The highest BCUT2D eigenvalue weighted by Gasteiger charge is 2.31. The molecule has 5 aromatic carbocycles. The van der Waals surface area contributed by atoms with Gasteiger partial charge in [0.2, 0.25) is 0 Å². The quantitative estimate of drug-likeness (QED) is 0.104. The van der Waals surface area contributed by atoms with E-state index in [1.807, 2.05) is 38.1 Å². The summed E-state index contributed by atoms with van der Waals surface area (Å²) in [5.74, 6) is -1.24. The monoisotopic (exact) mass is 726 g/mol. The lowest BCUT2D eigenvalue weighted by molar-refractivity contribution is -0.138. The summed E-state index contributed by atoms with van der Waals surface area (Å²) in [5.41, 5.74) is 1.77. The molecule has 6 rings (SSSR count). The first-order chi connectivity index (χ1) is 25.1. The number of halogens is 6. The number of alkyl halides is 6. The van der Waals surface area contributed by atoms with Gasteiger partial charge in [0.1, 0.15) is 0 Å². The molecule has 270 valence electrons. The zero-order chi connectivity index (χ0) is 38.1. The van der Waals surface area contributed by atoms with Crippen LogP contribution in [0.3, 0.4) is 0 Å². The Morgan fingerprint density at radius 2 is 1.09 bits per heavy atom.